The molecule has 0 saturated heterocycles. The molecule has 0 saturated carbocycles. The lowest BCUT2D eigenvalue weighted by atomic mass is 10.2. The van der Waals surface area contributed by atoms with Crippen LogP contribution in [-0.4, -0.2) is 21.0 Å². The summed E-state index contributed by atoms with van der Waals surface area (Å²) in [7, 11) is -2.38. The molecule has 0 aliphatic rings. The quantitative estimate of drug-likeness (QED) is 0.843. The number of aromatic carboxylic acids is 1. The highest BCUT2D eigenvalue weighted by atomic mass is 32.2. The van der Waals surface area contributed by atoms with Crippen molar-refractivity contribution in [2.45, 2.75) is 10.7 Å². The first-order chi connectivity index (χ1) is 6.52. The van der Waals surface area contributed by atoms with Crippen molar-refractivity contribution < 1.29 is 22.9 Å². The largest absolute Gasteiger partial charge is 0.478 e. The van der Waals surface area contributed by atoms with E-state index < -0.39 is 22.5 Å². The van der Waals surface area contributed by atoms with Crippen LogP contribution in [0.2, 0.25) is 0 Å². The van der Waals surface area contributed by atoms with E-state index in [0.29, 0.717) is 0 Å². The van der Waals surface area contributed by atoms with Crippen LogP contribution in [0.3, 0.4) is 0 Å². The zero-order valence-electron chi connectivity index (χ0n) is 6.81. The predicted molar refractivity (Wildman–Crippen MR) is 45.8 cm³/mol. The van der Waals surface area contributed by atoms with E-state index in [9.17, 15) is 17.8 Å². The van der Waals surface area contributed by atoms with Crippen LogP contribution < -0.4 is 0 Å². The second-order valence-corrected chi connectivity index (χ2v) is 3.81. The molecule has 0 aromatic heterocycles. The summed E-state index contributed by atoms with van der Waals surface area (Å²) in [4.78, 5) is 10.3. The Balaban J connectivity index is 2.94. The zero-order valence-corrected chi connectivity index (χ0v) is 7.63. The smallest absolute Gasteiger partial charge is 0.335 e. The average Bonchev–Trinajstić information content (AvgIpc) is 2.16. The van der Waals surface area contributed by atoms with E-state index in [2.05, 4.69) is 0 Å². The summed E-state index contributed by atoms with van der Waals surface area (Å²) < 4.78 is 34.8. The molecule has 1 aromatic rings. The first kappa shape index (κ1) is 10.8. The third-order valence-corrected chi connectivity index (χ3v) is 2.56. The first-order valence-electron chi connectivity index (χ1n) is 3.54. The van der Waals surface area contributed by atoms with Crippen molar-refractivity contribution in [1.82, 2.24) is 0 Å². The second-order valence-electron chi connectivity index (χ2n) is 2.39. The van der Waals surface area contributed by atoms with Crippen LogP contribution in [0.15, 0.2) is 29.2 Å². The molecule has 0 fully saturated rings. The fourth-order valence-electron chi connectivity index (χ4n) is 0.835. The summed E-state index contributed by atoms with van der Waals surface area (Å²) >= 11 is 0. The van der Waals surface area contributed by atoms with E-state index in [0.717, 1.165) is 24.3 Å². The van der Waals surface area contributed by atoms with Crippen molar-refractivity contribution in [2.24, 2.45) is 0 Å². The number of hydrogen-bond acceptors (Lipinski definition) is 2. The third-order valence-electron chi connectivity index (χ3n) is 1.50. The van der Waals surface area contributed by atoms with Gasteiger partial charge in [-0.15, -0.1) is 0 Å². The maximum Gasteiger partial charge on any atom is 0.335 e. The highest BCUT2D eigenvalue weighted by molar-refractivity contribution is 7.85. The zero-order chi connectivity index (χ0) is 10.7. The topological polar surface area (TPSA) is 54.4 Å². The van der Waals surface area contributed by atoms with Crippen LogP contribution in [-0.2, 0) is 10.8 Å². The number of benzene rings is 1. The van der Waals surface area contributed by atoms with Gasteiger partial charge in [0.2, 0.25) is 0 Å². The molecular weight excluding hydrogens is 214 g/mol. The molecule has 0 aliphatic carbocycles. The van der Waals surface area contributed by atoms with Gasteiger partial charge in [0, 0.05) is 4.90 Å². The molecular formula is C8H6F2O3S. The van der Waals surface area contributed by atoms with Gasteiger partial charge in [-0.2, -0.15) is 8.78 Å². The van der Waals surface area contributed by atoms with Crippen molar-refractivity contribution in [3.05, 3.63) is 29.8 Å². The van der Waals surface area contributed by atoms with Gasteiger partial charge >= 0.3 is 11.7 Å². The van der Waals surface area contributed by atoms with Crippen LogP contribution in [0.5, 0.6) is 0 Å². The highest BCUT2D eigenvalue weighted by Crippen LogP contribution is 2.14. The molecule has 76 valence electrons. The Morgan fingerprint density at radius 2 is 1.79 bits per heavy atom. The van der Waals surface area contributed by atoms with E-state index in [1.165, 1.54) is 0 Å². The summed E-state index contributed by atoms with van der Waals surface area (Å²) in [6.07, 6.45) is 0. The lowest BCUT2D eigenvalue weighted by Gasteiger charge is -2.00. The Labute approximate surface area is 80.8 Å². The number of carbonyl (C=O) groups is 1. The summed E-state index contributed by atoms with van der Waals surface area (Å²) in [5.41, 5.74) is -0.0278. The van der Waals surface area contributed by atoms with Crippen LogP contribution in [0.1, 0.15) is 10.4 Å². The summed E-state index contributed by atoms with van der Waals surface area (Å²) in [5, 5.41) is 8.50. The normalized spacial score (nSPS) is 12.8. The molecule has 1 unspecified atom stereocenters. The Morgan fingerprint density at radius 3 is 2.14 bits per heavy atom. The van der Waals surface area contributed by atoms with Crippen molar-refractivity contribution in [2.75, 3.05) is 0 Å². The van der Waals surface area contributed by atoms with Gasteiger partial charge in [-0.25, -0.2) is 9.00 Å². The number of alkyl halides is 2. The lowest BCUT2D eigenvalue weighted by molar-refractivity contribution is 0.0697. The second kappa shape index (κ2) is 4.28. The standard InChI is InChI=1S/C8H6F2O3S/c9-8(10)14(13)6-3-1-5(2-4-6)7(11)12/h1-4,8H,(H,11,12). The van der Waals surface area contributed by atoms with Gasteiger partial charge < -0.3 is 5.11 Å². The Morgan fingerprint density at radius 1 is 1.29 bits per heavy atom. The first-order valence-corrected chi connectivity index (χ1v) is 4.76. The molecule has 1 N–H and O–H groups in total. The van der Waals surface area contributed by atoms with E-state index in [1.54, 1.807) is 0 Å². The number of carboxylic acids is 1. The Hall–Kier alpha value is -1.30. The highest BCUT2D eigenvalue weighted by Gasteiger charge is 2.15. The van der Waals surface area contributed by atoms with Gasteiger partial charge in [0.1, 0.15) is 10.8 Å². The SMILES string of the molecule is O=C(O)c1ccc(S(=O)C(F)F)cc1. The van der Waals surface area contributed by atoms with E-state index >= 15 is 0 Å². The average molecular weight is 220 g/mol. The summed E-state index contributed by atoms with van der Waals surface area (Å²) in [6.45, 7) is 0. The minimum Gasteiger partial charge on any atom is -0.478 e. The van der Waals surface area contributed by atoms with Crippen molar-refractivity contribution in [1.29, 1.82) is 0 Å². The monoisotopic (exact) mass is 220 g/mol. The molecule has 3 nitrogen and oxygen atoms in total. The molecule has 14 heavy (non-hydrogen) atoms. The Kier molecular flexibility index (Phi) is 3.29. The van der Waals surface area contributed by atoms with Crippen molar-refractivity contribution in [3.8, 4) is 0 Å². The van der Waals surface area contributed by atoms with Crippen molar-refractivity contribution >= 4 is 16.8 Å². The van der Waals surface area contributed by atoms with E-state index in [-0.39, 0.29) is 10.5 Å². The number of hydrogen-bond donors (Lipinski definition) is 1. The van der Waals surface area contributed by atoms with Gasteiger partial charge in [0.05, 0.1) is 5.56 Å². The number of carboxylic acid groups (broad SMARTS) is 1. The van der Waals surface area contributed by atoms with Crippen LogP contribution in [0.4, 0.5) is 8.78 Å². The van der Waals surface area contributed by atoms with Crippen molar-refractivity contribution in [3.63, 3.8) is 0 Å². The van der Waals surface area contributed by atoms with Gasteiger partial charge in [-0.05, 0) is 24.3 Å². The fraction of sp³-hybridized carbons (Fsp3) is 0.125. The third kappa shape index (κ3) is 2.35. The van der Waals surface area contributed by atoms with Gasteiger partial charge in [-0.3, -0.25) is 0 Å². The minimum absolute atomic E-state index is 0.0278. The van der Waals surface area contributed by atoms with Crippen LogP contribution in [0.25, 0.3) is 0 Å². The summed E-state index contributed by atoms with van der Waals surface area (Å²) in [5.74, 6) is -4.11. The molecule has 6 heteroatoms. The molecule has 1 rings (SSSR count). The molecule has 0 heterocycles. The molecule has 0 amide bonds. The minimum atomic E-state index is -2.95. The molecule has 0 spiro atoms. The van der Waals surface area contributed by atoms with Crippen LogP contribution >= 0.6 is 0 Å². The molecule has 1 atom stereocenters. The number of halogens is 2. The van der Waals surface area contributed by atoms with E-state index in [1.807, 2.05) is 0 Å². The summed E-state index contributed by atoms with van der Waals surface area (Å²) in [6, 6.07) is 4.51. The van der Waals surface area contributed by atoms with Gasteiger partial charge in [-0.1, -0.05) is 0 Å². The molecule has 0 bridgehead atoms. The van der Waals surface area contributed by atoms with Crippen LogP contribution in [0, 0.1) is 0 Å². The fourth-order valence-corrected chi connectivity index (χ4v) is 1.44. The number of rotatable bonds is 3. The molecule has 0 radical (unpaired) electrons. The van der Waals surface area contributed by atoms with Gasteiger partial charge in [0.15, 0.2) is 0 Å². The maximum absolute atomic E-state index is 12.0. The predicted octanol–water partition coefficient (Wildman–Crippen LogP) is 1.72. The maximum atomic E-state index is 12.0. The van der Waals surface area contributed by atoms with E-state index in [4.69, 9.17) is 5.11 Å². The van der Waals surface area contributed by atoms with Gasteiger partial charge in [0.25, 0.3) is 0 Å². The molecule has 1 aromatic carbocycles. The Bertz CT molecular complexity index is 361. The lowest BCUT2D eigenvalue weighted by Crippen LogP contribution is -2.03. The molecule has 0 aliphatic heterocycles.